The number of nitrogens with zero attached hydrogens (tertiary/aromatic N) is 2. The van der Waals surface area contributed by atoms with E-state index in [2.05, 4.69) is 15.6 Å². The molecular formula is C25H20N4O. The third kappa shape index (κ3) is 3.26. The molecule has 0 radical (unpaired) electrons. The number of hydrogen-bond acceptors (Lipinski definition) is 3. The highest BCUT2D eigenvalue weighted by molar-refractivity contribution is 6.37. The van der Waals surface area contributed by atoms with Gasteiger partial charge in [0, 0.05) is 35.7 Å². The molecule has 0 spiro atoms. The monoisotopic (exact) mass is 392 g/mol. The summed E-state index contributed by atoms with van der Waals surface area (Å²) < 4.78 is 1.92. The standard InChI is InChI=1S/C25H20N4O/c1-29-15-22(26-16-29)18-10-7-11-19(14-18)27-24(17-8-3-2-4-9-17)23-20-12-5-6-13-21(20)28-25(23)30/h2-16,27H,1H3,(H,28,30)/b24-23-. The van der Waals surface area contributed by atoms with Gasteiger partial charge in [0.2, 0.25) is 0 Å². The van der Waals surface area contributed by atoms with Crippen LogP contribution in [-0.2, 0) is 11.8 Å². The lowest BCUT2D eigenvalue weighted by Gasteiger charge is -2.15. The van der Waals surface area contributed by atoms with Gasteiger partial charge in [0.25, 0.3) is 5.91 Å². The predicted octanol–water partition coefficient (Wildman–Crippen LogP) is 5.02. The first kappa shape index (κ1) is 17.9. The van der Waals surface area contributed by atoms with E-state index >= 15 is 0 Å². The zero-order valence-electron chi connectivity index (χ0n) is 16.5. The highest BCUT2D eigenvalue weighted by Gasteiger charge is 2.28. The number of benzene rings is 3. The summed E-state index contributed by atoms with van der Waals surface area (Å²) >= 11 is 0. The van der Waals surface area contributed by atoms with Gasteiger partial charge in [-0.25, -0.2) is 4.98 Å². The Kier molecular flexibility index (Phi) is 4.41. The molecule has 0 unspecified atom stereocenters. The van der Waals surface area contributed by atoms with Gasteiger partial charge in [-0.2, -0.15) is 0 Å². The second-order valence-corrected chi connectivity index (χ2v) is 7.25. The molecule has 0 aliphatic carbocycles. The molecule has 3 aromatic carbocycles. The van der Waals surface area contributed by atoms with Gasteiger partial charge in [-0.05, 0) is 23.8 Å². The number of rotatable bonds is 4. The van der Waals surface area contributed by atoms with Crippen LogP contribution < -0.4 is 10.6 Å². The molecule has 0 saturated carbocycles. The number of fused-ring (bicyclic) bond motifs is 1. The van der Waals surface area contributed by atoms with Crippen LogP contribution in [0.1, 0.15) is 11.1 Å². The van der Waals surface area contributed by atoms with E-state index in [-0.39, 0.29) is 5.91 Å². The van der Waals surface area contributed by atoms with Crippen LogP contribution in [0.15, 0.2) is 91.4 Å². The van der Waals surface area contributed by atoms with Crippen LogP contribution in [0.25, 0.3) is 22.5 Å². The number of carbonyl (C=O) groups excluding carboxylic acids is 1. The van der Waals surface area contributed by atoms with Gasteiger partial charge in [-0.1, -0.05) is 60.7 Å². The van der Waals surface area contributed by atoms with Gasteiger partial charge in [-0.15, -0.1) is 0 Å². The van der Waals surface area contributed by atoms with Gasteiger partial charge in [0.1, 0.15) is 0 Å². The van der Waals surface area contributed by atoms with Crippen LogP contribution in [0.5, 0.6) is 0 Å². The van der Waals surface area contributed by atoms with Gasteiger partial charge < -0.3 is 15.2 Å². The minimum Gasteiger partial charge on any atom is -0.354 e. The van der Waals surface area contributed by atoms with Gasteiger partial charge in [-0.3, -0.25) is 4.79 Å². The van der Waals surface area contributed by atoms with E-state index in [4.69, 9.17) is 0 Å². The molecular weight excluding hydrogens is 372 g/mol. The summed E-state index contributed by atoms with van der Waals surface area (Å²) in [4.78, 5) is 17.3. The molecule has 5 rings (SSSR count). The van der Waals surface area contributed by atoms with E-state index in [0.717, 1.165) is 39.5 Å². The lowest BCUT2D eigenvalue weighted by atomic mass is 10.00. The molecule has 1 aromatic heterocycles. The average molecular weight is 392 g/mol. The fraction of sp³-hybridized carbons (Fsp3) is 0.0400. The minimum absolute atomic E-state index is 0.108. The summed E-state index contributed by atoms with van der Waals surface area (Å²) in [6, 6.07) is 25.7. The van der Waals surface area contributed by atoms with Crippen LogP contribution in [-0.4, -0.2) is 15.5 Å². The largest absolute Gasteiger partial charge is 0.354 e. The molecule has 5 nitrogen and oxygen atoms in total. The molecule has 0 saturated heterocycles. The third-order valence-corrected chi connectivity index (χ3v) is 5.12. The number of aromatic nitrogens is 2. The van der Waals surface area contributed by atoms with E-state index in [1.165, 1.54) is 0 Å². The number of amides is 1. The average Bonchev–Trinajstić information content (AvgIpc) is 3.35. The summed E-state index contributed by atoms with van der Waals surface area (Å²) in [5, 5.41) is 6.48. The first-order chi connectivity index (χ1) is 14.7. The lowest BCUT2D eigenvalue weighted by Crippen LogP contribution is -2.10. The van der Waals surface area contributed by atoms with E-state index in [0.29, 0.717) is 5.57 Å². The number of aryl methyl sites for hydroxylation is 1. The van der Waals surface area contributed by atoms with Crippen molar-refractivity contribution in [2.45, 2.75) is 0 Å². The Morgan fingerprint density at radius 2 is 1.77 bits per heavy atom. The summed E-state index contributed by atoms with van der Waals surface area (Å²) in [7, 11) is 1.95. The van der Waals surface area contributed by atoms with E-state index in [1.807, 2.05) is 96.7 Å². The molecule has 5 heteroatoms. The van der Waals surface area contributed by atoms with Gasteiger partial charge in [0.05, 0.1) is 23.3 Å². The summed E-state index contributed by atoms with van der Waals surface area (Å²) in [6.07, 6.45) is 3.77. The molecule has 1 aliphatic heterocycles. The number of anilines is 2. The Labute approximate surface area is 174 Å². The zero-order valence-corrected chi connectivity index (χ0v) is 16.5. The Morgan fingerprint density at radius 3 is 2.57 bits per heavy atom. The maximum atomic E-state index is 12.9. The zero-order chi connectivity index (χ0) is 20.5. The Bertz CT molecular complexity index is 1270. The highest BCUT2D eigenvalue weighted by Crippen LogP contribution is 2.37. The first-order valence-corrected chi connectivity index (χ1v) is 9.75. The normalized spacial score (nSPS) is 14.2. The molecule has 0 atom stereocenters. The molecule has 1 aliphatic rings. The summed E-state index contributed by atoms with van der Waals surface area (Å²) in [5.41, 5.74) is 6.89. The van der Waals surface area contributed by atoms with Crippen molar-refractivity contribution in [3.05, 3.63) is 103 Å². The quantitative estimate of drug-likeness (QED) is 0.480. The van der Waals surface area contributed by atoms with Crippen molar-refractivity contribution >= 4 is 28.6 Å². The molecule has 0 fully saturated rings. The number of imidazole rings is 1. The maximum absolute atomic E-state index is 12.9. The van der Waals surface area contributed by atoms with Crippen LogP contribution in [0, 0.1) is 0 Å². The van der Waals surface area contributed by atoms with Crippen molar-refractivity contribution in [1.82, 2.24) is 9.55 Å². The number of para-hydroxylation sites is 1. The van der Waals surface area contributed by atoms with Crippen molar-refractivity contribution in [2.75, 3.05) is 10.6 Å². The Balaban J connectivity index is 1.63. The molecule has 4 aromatic rings. The Hall–Kier alpha value is -4.12. The molecule has 2 heterocycles. The van der Waals surface area contributed by atoms with Gasteiger partial charge in [0.15, 0.2) is 0 Å². The van der Waals surface area contributed by atoms with Crippen molar-refractivity contribution in [2.24, 2.45) is 7.05 Å². The van der Waals surface area contributed by atoms with Crippen molar-refractivity contribution in [3.63, 3.8) is 0 Å². The van der Waals surface area contributed by atoms with Crippen LogP contribution >= 0.6 is 0 Å². The second kappa shape index (κ2) is 7.37. The van der Waals surface area contributed by atoms with E-state index < -0.39 is 0 Å². The highest BCUT2D eigenvalue weighted by atomic mass is 16.2. The maximum Gasteiger partial charge on any atom is 0.258 e. The smallest absolute Gasteiger partial charge is 0.258 e. The van der Waals surface area contributed by atoms with Crippen molar-refractivity contribution < 1.29 is 4.79 Å². The predicted molar refractivity (Wildman–Crippen MR) is 121 cm³/mol. The molecule has 2 N–H and O–H groups in total. The molecule has 1 amide bonds. The second-order valence-electron chi connectivity index (χ2n) is 7.25. The summed E-state index contributed by atoms with van der Waals surface area (Å²) in [5.74, 6) is -0.108. The fourth-order valence-corrected chi connectivity index (χ4v) is 3.71. The van der Waals surface area contributed by atoms with Crippen LogP contribution in [0.3, 0.4) is 0 Å². The molecule has 30 heavy (non-hydrogen) atoms. The van der Waals surface area contributed by atoms with Crippen LogP contribution in [0.4, 0.5) is 11.4 Å². The minimum atomic E-state index is -0.108. The number of hydrogen-bond donors (Lipinski definition) is 2. The SMILES string of the molecule is Cn1cnc(-c2cccc(N/C(=C3\C(=O)Nc4ccccc43)c3ccccc3)c2)c1. The van der Waals surface area contributed by atoms with Crippen molar-refractivity contribution in [3.8, 4) is 11.3 Å². The summed E-state index contributed by atoms with van der Waals surface area (Å²) in [6.45, 7) is 0. The third-order valence-electron chi connectivity index (χ3n) is 5.12. The topological polar surface area (TPSA) is 59.0 Å². The van der Waals surface area contributed by atoms with E-state index in [9.17, 15) is 4.79 Å². The van der Waals surface area contributed by atoms with E-state index in [1.54, 1.807) is 6.33 Å². The first-order valence-electron chi connectivity index (χ1n) is 9.75. The van der Waals surface area contributed by atoms with Crippen molar-refractivity contribution in [1.29, 1.82) is 0 Å². The van der Waals surface area contributed by atoms with Gasteiger partial charge >= 0.3 is 0 Å². The lowest BCUT2D eigenvalue weighted by molar-refractivity contribution is -0.110. The van der Waals surface area contributed by atoms with Crippen LogP contribution in [0.2, 0.25) is 0 Å². The Morgan fingerprint density at radius 1 is 0.967 bits per heavy atom. The molecule has 146 valence electrons. The fourth-order valence-electron chi connectivity index (χ4n) is 3.71. The molecule has 0 bridgehead atoms. The number of carbonyl (C=O) groups is 1. The number of nitrogens with one attached hydrogen (secondary N) is 2.